The zero-order valence-corrected chi connectivity index (χ0v) is 16.9. The lowest BCUT2D eigenvalue weighted by atomic mass is 10.1. The van der Waals surface area contributed by atoms with Crippen molar-refractivity contribution >= 4 is 33.4 Å². The molecule has 3 heterocycles. The van der Waals surface area contributed by atoms with E-state index in [-0.39, 0.29) is 22.4 Å². The highest BCUT2D eigenvalue weighted by Crippen LogP contribution is 2.25. The van der Waals surface area contributed by atoms with E-state index in [0.717, 1.165) is 12.6 Å². The molecule has 0 bridgehead atoms. The summed E-state index contributed by atoms with van der Waals surface area (Å²) in [6.07, 6.45) is 5.05. The average Bonchev–Trinajstić information content (AvgIpc) is 3.38. The third kappa shape index (κ3) is 4.09. The Kier molecular flexibility index (Phi) is 5.10. The molecule has 1 N–H and O–H groups in total. The first-order valence-electron chi connectivity index (χ1n) is 8.44. The lowest BCUT2D eigenvalue weighted by molar-refractivity contribution is 0.0994. The Morgan fingerprint density at radius 3 is 2.47 bits per heavy atom. The highest BCUT2D eigenvalue weighted by molar-refractivity contribution is 7.90. The van der Waals surface area contributed by atoms with Crippen LogP contribution in [0.15, 0.2) is 69.0 Å². The van der Waals surface area contributed by atoms with Gasteiger partial charge in [0.05, 0.1) is 15.6 Å². The zero-order valence-electron chi connectivity index (χ0n) is 15.4. The fraction of sp³-hybridized carbons (Fsp3) is 0.0526. The normalized spacial score (nSPS) is 11.4. The predicted molar refractivity (Wildman–Crippen MR) is 108 cm³/mol. The molecule has 9 nitrogen and oxygen atoms in total. The summed E-state index contributed by atoms with van der Waals surface area (Å²) in [4.78, 5) is 25.1. The van der Waals surface area contributed by atoms with Crippen LogP contribution >= 0.6 is 11.6 Å². The monoisotopic (exact) mass is 444 g/mol. The number of aromatic nitrogens is 3. The van der Waals surface area contributed by atoms with Crippen LogP contribution in [-0.4, -0.2) is 35.5 Å². The number of benzene rings is 1. The Morgan fingerprint density at radius 2 is 1.80 bits per heavy atom. The maximum Gasteiger partial charge on any atom is 0.302 e. The topological polar surface area (TPSA) is 128 Å². The van der Waals surface area contributed by atoms with Crippen LogP contribution in [0.3, 0.4) is 0 Å². The molecule has 3 aromatic heterocycles. The minimum atomic E-state index is -3.33. The maximum atomic E-state index is 12.6. The van der Waals surface area contributed by atoms with Crippen LogP contribution in [0, 0.1) is 0 Å². The molecule has 30 heavy (non-hydrogen) atoms. The Morgan fingerprint density at radius 1 is 1.03 bits per heavy atom. The summed E-state index contributed by atoms with van der Waals surface area (Å²) in [5.74, 6) is -0.710. The molecular formula is C19H13ClN4O5S. The highest BCUT2D eigenvalue weighted by Gasteiger charge is 2.21. The summed E-state index contributed by atoms with van der Waals surface area (Å²) in [5.41, 5.74) is 1.70. The van der Waals surface area contributed by atoms with Crippen molar-refractivity contribution in [2.75, 3.05) is 11.6 Å². The SMILES string of the molecule is CS(=O)(=O)c1ccc(-c2ncoc2C(=O)Nc2nc(-c3ccc(Cl)cn3)co2)cc1. The van der Waals surface area contributed by atoms with E-state index >= 15 is 0 Å². The van der Waals surface area contributed by atoms with Gasteiger partial charge in [-0.1, -0.05) is 23.7 Å². The fourth-order valence-electron chi connectivity index (χ4n) is 2.60. The number of rotatable bonds is 5. The van der Waals surface area contributed by atoms with Crippen LogP contribution in [0.25, 0.3) is 22.6 Å². The summed E-state index contributed by atoms with van der Waals surface area (Å²) in [6.45, 7) is 0. The van der Waals surface area contributed by atoms with E-state index in [0.29, 0.717) is 22.0 Å². The van der Waals surface area contributed by atoms with Crippen molar-refractivity contribution in [3.63, 3.8) is 0 Å². The number of amides is 1. The summed E-state index contributed by atoms with van der Waals surface area (Å²) < 4.78 is 33.7. The minimum Gasteiger partial charge on any atom is -0.438 e. The molecule has 0 saturated carbocycles. The van der Waals surface area contributed by atoms with Gasteiger partial charge in [0, 0.05) is 18.0 Å². The van der Waals surface area contributed by atoms with Crippen molar-refractivity contribution in [2.45, 2.75) is 4.90 Å². The molecule has 0 fully saturated rings. The van der Waals surface area contributed by atoms with E-state index in [1.165, 1.54) is 24.6 Å². The Bertz CT molecular complexity index is 1310. The van der Waals surface area contributed by atoms with E-state index in [2.05, 4.69) is 20.3 Å². The van der Waals surface area contributed by atoms with Gasteiger partial charge >= 0.3 is 6.01 Å². The van der Waals surface area contributed by atoms with E-state index in [1.54, 1.807) is 24.3 Å². The first-order chi connectivity index (χ1) is 14.3. The van der Waals surface area contributed by atoms with Crippen molar-refractivity contribution in [2.24, 2.45) is 0 Å². The number of hydrogen-bond acceptors (Lipinski definition) is 8. The number of halogens is 1. The smallest absolute Gasteiger partial charge is 0.302 e. The number of sulfone groups is 1. The first-order valence-corrected chi connectivity index (χ1v) is 10.7. The van der Waals surface area contributed by atoms with Gasteiger partial charge < -0.3 is 8.83 Å². The number of oxazole rings is 2. The Hall–Kier alpha value is -3.50. The summed E-state index contributed by atoms with van der Waals surface area (Å²) >= 11 is 5.82. The lowest BCUT2D eigenvalue weighted by Gasteiger charge is -2.03. The number of pyridine rings is 1. The maximum absolute atomic E-state index is 12.6. The summed E-state index contributed by atoms with van der Waals surface area (Å²) in [7, 11) is -3.33. The van der Waals surface area contributed by atoms with Gasteiger partial charge in [-0.2, -0.15) is 4.98 Å². The Balaban J connectivity index is 1.54. The second kappa shape index (κ2) is 7.73. The van der Waals surface area contributed by atoms with Gasteiger partial charge in [0.25, 0.3) is 5.91 Å². The molecule has 0 aliphatic heterocycles. The zero-order chi connectivity index (χ0) is 21.3. The van der Waals surface area contributed by atoms with Crippen LogP contribution in [0.2, 0.25) is 5.02 Å². The number of carbonyl (C=O) groups is 1. The molecular weight excluding hydrogens is 432 g/mol. The molecule has 0 aliphatic rings. The number of nitrogens with one attached hydrogen (secondary N) is 1. The second-order valence-electron chi connectivity index (χ2n) is 6.18. The fourth-order valence-corrected chi connectivity index (χ4v) is 3.35. The first kappa shape index (κ1) is 19.8. The molecule has 4 rings (SSSR count). The molecule has 152 valence electrons. The van der Waals surface area contributed by atoms with Gasteiger partial charge in [-0.15, -0.1) is 0 Å². The standard InChI is InChI=1S/C19H13ClN4O5S/c1-30(26,27)13-5-2-11(3-6-13)16-17(29-10-22-16)18(25)24-19-23-15(9-28-19)14-7-4-12(20)8-21-14/h2-10H,1H3,(H,23,24,25). The molecule has 1 amide bonds. The van der Waals surface area contributed by atoms with Crippen LogP contribution < -0.4 is 5.32 Å². The van der Waals surface area contributed by atoms with Crippen LogP contribution in [-0.2, 0) is 9.84 Å². The van der Waals surface area contributed by atoms with Crippen molar-refractivity contribution in [3.8, 4) is 22.6 Å². The molecule has 0 radical (unpaired) electrons. The largest absolute Gasteiger partial charge is 0.438 e. The van der Waals surface area contributed by atoms with Crippen molar-refractivity contribution in [1.82, 2.24) is 15.0 Å². The molecule has 4 aromatic rings. The predicted octanol–water partition coefficient (Wildman–Crippen LogP) is 3.70. The second-order valence-corrected chi connectivity index (χ2v) is 8.63. The van der Waals surface area contributed by atoms with Gasteiger partial charge in [0.15, 0.2) is 16.2 Å². The van der Waals surface area contributed by atoms with Crippen LogP contribution in [0.1, 0.15) is 10.6 Å². The highest BCUT2D eigenvalue weighted by atomic mass is 35.5. The van der Waals surface area contributed by atoms with Gasteiger partial charge in [0.1, 0.15) is 17.7 Å². The van der Waals surface area contributed by atoms with Crippen LogP contribution in [0.4, 0.5) is 6.01 Å². The van der Waals surface area contributed by atoms with Crippen LogP contribution in [0.5, 0.6) is 0 Å². The number of anilines is 1. The van der Waals surface area contributed by atoms with Crippen molar-refractivity contribution < 1.29 is 22.0 Å². The van der Waals surface area contributed by atoms with Gasteiger partial charge in [-0.25, -0.2) is 13.4 Å². The Labute approximate surface area is 175 Å². The van der Waals surface area contributed by atoms with Crippen molar-refractivity contribution in [3.05, 3.63) is 66.0 Å². The molecule has 0 unspecified atom stereocenters. The molecule has 0 atom stereocenters. The quantitative estimate of drug-likeness (QED) is 0.493. The summed E-state index contributed by atoms with van der Waals surface area (Å²) in [5, 5.41) is 2.98. The number of nitrogens with zero attached hydrogens (tertiary/aromatic N) is 3. The number of hydrogen-bond donors (Lipinski definition) is 1. The summed E-state index contributed by atoms with van der Waals surface area (Å²) in [6, 6.07) is 9.22. The third-order valence-corrected chi connectivity index (χ3v) is 5.40. The van der Waals surface area contributed by atoms with Gasteiger partial charge in [0.2, 0.25) is 5.76 Å². The average molecular weight is 445 g/mol. The molecule has 0 spiro atoms. The van der Waals surface area contributed by atoms with Crippen molar-refractivity contribution in [1.29, 1.82) is 0 Å². The minimum absolute atomic E-state index is 0.0541. The van der Waals surface area contributed by atoms with E-state index in [1.807, 2.05) is 0 Å². The molecule has 1 aromatic carbocycles. The van der Waals surface area contributed by atoms with Gasteiger partial charge in [-0.3, -0.25) is 15.1 Å². The van der Waals surface area contributed by atoms with E-state index < -0.39 is 15.7 Å². The third-order valence-electron chi connectivity index (χ3n) is 4.04. The van der Waals surface area contributed by atoms with E-state index in [9.17, 15) is 13.2 Å². The lowest BCUT2D eigenvalue weighted by Crippen LogP contribution is -2.12. The van der Waals surface area contributed by atoms with Gasteiger partial charge in [-0.05, 0) is 24.3 Å². The van der Waals surface area contributed by atoms with E-state index in [4.69, 9.17) is 20.4 Å². The molecule has 0 aliphatic carbocycles. The number of carbonyl (C=O) groups excluding carboxylic acids is 1. The molecule has 11 heteroatoms. The molecule has 0 saturated heterocycles.